The van der Waals surface area contributed by atoms with Crippen LogP contribution in [0.5, 0.6) is 0 Å². The SMILES string of the molecule is N[C@H](C[C@H]1CC[C@@H](N)CC1)C(=O)O. The summed E-state index contributed by atoms with van der Waals surface area (Å²) in [6.07, 6.45) is 4.68. The highest BCUT2D eigenvalue weighted by molar-refractivity contribution is 5.73. The van der Waals surface area contributed by atoms with E-state index in [4.69, 9.17) is 16.6 Å². The van der Waals surface area contributed by atoms with Crippen molar-refractivity contribution < 1.29 is 9.90 Å². The predicted octanol–water partition coefficient (Wildman–Crippen LogP) is 0.306. The van der Waals surface area contributed by atoms with E-state index in [1.54, 1.807) is 0 Å². The molecule has 1 saturated carbocycles. The van der Waals surface area contributed by atoms with Crippen molar-refractivity contribution in [3.8, 4) is 0 Å². The Morgan fingerprint density at radius 3 is 2.38 bits per heavy atom. The van der Waals surface area contributed by atoms with E-state index in [-0.39, 0.29) is 0 Å². The molecule has 0 radical (unpaired) electrons. The molecule has 1 atom stereocenters. The standard InChI is InChI=1S/C9H18N2O2/c10-7-3-1-6(2-4-7)5-8(11)9(12)13/h6-8H,1-5,10-11H2,(H,12,13)/t6-,7+,8-/m1/s1. The second kappa shape index (κ2) is 4.58. The highest BCUT2D eigenvalue weighted by Crippen LogP contribution is 2.26. The molecule has 1 fully saturated rings. The molecule has 1 aliphatic carbocycles. The van der Waals surface area contributed by atoms with Crippen LogP contribution in [0.25, 0.3) is 0 Å². The van der Waals surface area contributed by atoms with Crippen LogP contribution in [0, 0.1) is 5.92 Å². The second-order valence-electron chi connectivity index (χ2n) is 3.96. The van der Waals surface area contributed by atoms with Crippen molar-refractivity contribution in [1.29, 1.82) is 0 Å². The maximum Gasteiger partial charge on any atom is 0.320 e. The van der Waals surface area contributed by atoms with E-state index < -0.39 is 12.0 Å². The fourth-order valence-electron chi connectivity index (χ4n) is 1.88. The van der Waals surface area contributed by atoms with Gasteiger partial charge in [-0.15, -0.1) is 0 Å². The number of carboxylic acid groups (broad SMARTS) is 1. The van der Waals surface area contributed by atoms with Crippen LogP contribution in [0.1, 0.15) is 32.1 Å². The number of hydrogen-bond donors (Lipinski definition) is 3. The van der Waals surface area contributed by atoms with Crippen LogP contribution < -0.4 is 11.5 Å². The first kappa shape index (κ1) is 10.5. The molecule has 0 bridgehead atoms. The van der Waals surface area contributed by atoms with Crippen LogP contribution in [0.4, 0.5) is 0 Å². The van der Waals surface area contributed by atoms with Crippen molar-refractivity contribution in [2.75, 3.05) is 0 Å². The van der Waals surface area contributed by atoms with Gasteiger partial charge in [0.1, 0.15) is 6.04 Å². The van der Waals surface area contributed by atoms with Gasteiger partial charge in [-0.25, -0.2) is 0 Å². The van der Waals surface area contributed by atoms with Crippen LogP contribution in [-0.2, 0) is 4.79 Å². The molecular weight excluding hydrogens is 168 g/mol. The van der Waals surface area contributed by atoms with Gasteiger partial charge >= 0.3 is 5.97 Å². The van der Waals surface area contributed by atoms with Gasteiger partial charge in [0.15, 0.2) is 0 Å². The van der Waals surface area contributed by atoms with Gasteiger partial charge in [0, 0.05) is 6.04 Å². The van der Waals surface area contributed by atoms with Gasteiger partial charge in [-0.05, 0) is 38.0 Å². The number of carboxylic acids is 1. The topological polar surface area (TPSA) is 89.3 Å². The lowest BCUT2D eigenvalue weighted by Gasteiger charge is -2.26. The summed E-state index contributed by atoms with van der Waals surface area (Å²) in [7, 11) is 0. The third kappa shape index (κ3) is 3.32. The molecule has 5 N–H and O–H groups in total. The quantitative estimate of drug-likeness (QED) is 0.591. The average Bonchev–Trinajstić information content (AvgIpc) is 2.08. The Hall–Kier alpha value is -0.610. The van der Waals surface area contributed by atoms with E-state index in [0.29, 0.717) is 18.4 Å². The Bertz CT molecular complexity index is 176. The van der Waals surface area contributed by atoms with Crippen LogP contribution in [0.3, 0.4) is 0 Å². The summed E-state index contributed by atoms with van der Waals surface area (Å²) < 4.78 is 0. The third-order valence-electron chi connectivity index (χ3n) is 2.80. The zero-order chi connectivity index (χ0) is 9.84. The molecule has 0 aliphatic heterocycles. The van der Waals surface area contributed by atoms with Gasteiger partial charge in [-0.1, -0.05) is 0 Å². The molecule has 1 aliphatic rings. The van der Waals surface area contributed by atoms with Gasteiger partial charge in [-0.3, -0.25) is 4.79 Å². The minimum absolute atomic E-state index is 0.317. The fourth-order valence-corrected chi connectivity index (χ4v) is 1.88. The van der Waals surface area contributed by atoms with E-state index in [9.17, 15) is 4.79 Å². The Kier molecular flexibility index (Phi) is 3.69. The summed E-state index contributed by atoms with van der Waals surface area (Å²) in [6, 6.07) is -0.378. The minimum atomic E-state index is -0.894. The van der Waals surface area contributed by atoms with E-state index in [0.717, 1.165) is 25.7 Å². The summed E-state index contributed by atoms with van der Waals surface area (Å²) in [5, 5.41) is 8.61. The summed E-state index contributed by atoms with van der Waals surface area (Å²) in [4.78, 5) is 10.5. The van der Waals surface area contributed by atoms with Crippen molar-refractivity contribution in [2.45, 2.75) is 44.2 Å². The Morgan fingerprint density at radius 2 is 1.92 bits per heavy atom. The smallest absolute Gasteiger partial charge is 0.320 e. The van der Waals surface area contributed by atoms with Crippen molar-refractivity contribution >= 4 is 5.97 Å². The van der Waals surface area contributed by atoms with Crippen LogP contribution >= 0.6 is 0 Å². The first-order valence-corrected chi connectivity index (χ1v) is 4.83. The third-order valence-corrected chi connectivity index (χ3v) is 2.80. The summed E-state index contributed by atoms with van der Waals surface area (Å²) in [5.74, 6) is -0.430. The lowest BCUT2D eigenvalue weighted by molar-refractivity contribution is -0.139. The van der Waals surface area contributed by atoms with Gasteiger partial charge in [0.05, 0.1) is 0 Å². The number of carbonyl (C=O) groups is 1. The van der Waals surface area contributed by atoms with Crippen molar-refractivity contribution in [3.63, 3.8) is 0 Å². The molecule has 4 nitrogen and oxygen atoms in total. The molecule has 0 spiro atoms. The van der Waals surface area contributed by atoms with Gasteiger partial charge in [0.2, 0.25) is 0 Å². The fraction of sp³-hybridized carbons (Fsp3) is 0.889. The van der Waals surface area contributed by atoms with Crippen LogP contribution in [0.2, 0.25) is 0 Å². The highest BCUT2D eigenvalue weighted by atomic mass is 16.4. The van der Waals surface area contributed by atoms with Crippen LogP contribution in [-0.4, -0.2) is 23.2 Å². The maximum atomic E-state index is 10.5. The number of nitrogens with two attached hydrogens (primary N) is 2. The Morgan fingerprint density at radius 1 is 1.38 bits per heavy atom. The number of rotatable bonds is 3. The lowest BCUT2D eigenvalue weighted by Crippen LogP contribution is -2.35. The monoisotopic (exact) mass is 186 g/mol. The zero-order valence-corrected chi connectivity index (χ0v) is 7.78. The summed E-state index contributed by atoms with van der Waals surface area (Å²) in [5.41, 5.74) is 11.2. The molecule has 0 amide bonds. The molecule has 0 aromatic heterocycles. The van der Waals surface area contributed by atoms with E-state index in [1.807, 2.05) is 0 Å². The normalized spacial score (nSPS) is 31.2. The number of aliphatic carboxylic acids is 1. The molecule has 1 rings (SSSR count). The van der Waals surface area contributed by atoms with Gasteiger partial charge in [0.25, 0.3) is 0 Å². The molecule has 0 heterocycles. The average molecular weight is 186 g/mol. The van der Waals surface area contributed by atoms with E-state index in [1.165, 1.54) is 0 Å². The lowest BCUT2D eigenvalue weighted by atomic mass is 9.83. The molecule has 0 aromatic rings. The first-order valence-electron chi connectivity index (χ1n) is 4.83. The van der Waals surface area contributed by atoms with E-state index >= 15 is 0 Å². The number of hydrogen-bond acceptors (Lipinski definition) is 3. The molecule has 76 valence electrons. The van der Waals surface area contributed by atoms with Crippen LogP contribution in [0.15, 0.2) is 0 Å². The van der Waals surface area contributed by atoms with Gasteiger partial charge in [-0.2, -0.15) is 0 Å². The van der Waals surface area contributed by atoms with Crippen molar-refractivity contribution in [3.05, 3.63) is 0 Å². The minimum Gasteiger partial charge on any atom is -0.480 e. The summed E-state index contributed by atoms with van der Waals surface area (Å²) >= 11 is 0. The molecule has 0 saturated heterocycles. The van der Waals surface area contributed by atoms with Crippen molar-refractivity contribution in [1.82, 2.24) is 0 Å². The van der Waals surface area contributed by atoms with Gasteiger partial charge < -0.3 is 16.6 Å². The first-order chi connectivity index (χ1) is 6.09. The Balaban J connectivity index is 2.26. The molecular formula is C9H18N2O2. The molecule has 13 heavy (non-hydrogen) atoms. The largest absolute Gasteiger partial charge is 0.480 e. The molecule has 0 aromatic carbocycles. The second-order valence-corrected chi connectivity index (χ2v) is 3.96. The summed E-state index contributed by atoms with van der Waals surface area (Å²) in [6.45, 7) is 0. The predicted molar refractivity (Wildman–Crippen MR) is 50.2 cm³/mol. The Labute approximate surface area is 78.3 Å². The molecule has 0 unspecified atom stereocenters. The zero-order valence-electron chi connectivity index (χ0n) is 7.78. The maximum absolute atomic E-state index is 10.5. The highest BCUT2D eigenvalue weighted by Gasteiger charge is 2.23. The van der Waals surface area contributed by atoms with E-state index in [2.05, 4.69) is 0 Å². The molecule has 4 heteroatoms. The van der Waals surface area contributed by atoms with Crippen molar-refractivity contribution in [2.24, 2.45) is 17.4 Å².